The summed E-state index contributed by atoms with van der Waals surface area (Å²) in [5.41, 5.74) is 3.38. The summed E-state index contributed by atoms with van der Waals surface area (Å²) in [6, 6.07) is 13.2. The zero-order valence-corrected chi connectivity index (χ0v) is 11.7. The molecule has 2 rings (SSSR count). The second-order valence-corrected chi connectivity index (χ2v) is 4.96. The van der Waals surface area contributed by atoms with E-state index in [1.165, 1.54) is 17.2 Å². The largest absolute Gasteiger partial charge is 0.381 e. The summed E-state index contributed by atoms with van der Waals surface area (Å²) in [7, 11) is 0. The first-order chi connectivity index (χ1) is 9.19. The minimum atomic E-state index is -0.392. The molecule has 1 N–H and O–H groups in total. The van der Waals surface area contributed by atoms with Gasteiger partial charge in [0.05, 0.1) is 5.02 Å². The van der Waals surface area contributed by atoms with Crippen LogP contribution < -0.4 is 5.32 Å². The second-order valence-electron chi connectivity index (χ2n) is 4.55. The molecule has 0 amide bonds. The fraction of sp³-hybridized carbons (Fsp3) is 0.250. The van der Waals surface area contributed by atoms with Gasteiger partial charge in [0.1, 0.15) is 5.82 Å². The van der Waals surface area contributed by atoms with Crippen LogP contribution in [0.4, 0.5) is 10.1 Å². The minimum Gasteiger partial charge on any atom is -0.381 e. The molecule has 2 aromatic carbocycles. The highest BCUT2D eigenvalue weighted by Crippen LogP contribution is 2.20. The van der Waals surface area contributed by atoms with Gasteiger partial charge < -0.3 is 5.32 Å². The Morgan fingerprint density at radius 3 is 2.37 bits per heavy atom. The number of hydrogen-bond donors (Lipinski definition) is 1. The molecule has 0 aliphatic carbocycles. The highest BCUT2D eigenvalue weighted by Gasteiger charge is 2.00. The van der Waals surface area contributed by atoms with Crippen LogP contribution in [0.1, 0.15) is 24.5 Å². The Morgan fingerprint density at radius 1 is 1.05 bits per heavy atom. The average molecular weight is 278 g/mol. The van der Waals surface area contributed by atoms with Gasteiger partial charge in [-0.25, -0.2) is 4.39 Å². The van der Waals surface area contributed by atoms with Crippen molar-refractivity contribution in [1.82, 2.24) is 0 Å². The molecule has 0 heterocycles. The lowest BCUT2D eigenvalue weighted by Gasteiger charge is -2.08. The molecule has 19 heavy (non-hydrogen) atoms. The first-order valence-electron chi connectivity index (χ1n) is 6.46. The van der Waals surface area contributed by atoms with Crippen molar-refractivity contribution in [3.05, 3.63) is 64.4 Å². The fourth-order valence-corrected chi connectivity index (χ4v) is 2.10. The molecule has 2 aromatic rings. The zero-order chi connectivity index (χ0) is 13.7. The van der Waals surface area contributed by atoms with Gasteiger partial charge in [0.2, 0.25) is 0 Å². The summed E-state index contributed by atoms with van der Waals surface area (Å²) >= 11 is 5.74. The van der Waals surface area contributed by atoms with Gasteiger partial charge in [0, 0.05) is 12.2 Å². The normalized spacial score (nSPS) is 10.5. The van der Waals surface area contributed by atoms with Crippen molar-refractivity contribution in [3.8, 4) is 0 Å². The van der Waals surface area contributed by atoms with Gasteiger partial charge in [-0.1, -0.05) is 49.2 Å². The monoisotopic (exact) mass is 277 g/mol. The Bertz CT molecular complexity index is 537. The molecule has 0 aromatic heterocycles. The number of halogens is 2. The zero-order valence-electron chi connectivity index (χ0n) is 10.9. The van der Waals surface area contributed by atoms with E-state index >= 15 is 0 Å². The van der Waals surface area contributed by atoms with Crippen molar-refractivity contribution in [2.75, 3.05) is 5.32 Å². The van der Waals surface area contributed by atoms with Gasteiger partial charge in [-0.3, -0.25) is 0 Å². The van der Waals surface area contributed by atoms with E-state index in [1.807, 2.05) is 0 Å². The van der Waals surface area contributed by atoms with E-state index in [2.05, 4.69) is 36.5 Å². The highest BCUT2D eigenvalue weighted by atomic mass is 35.5. The molecule has 0 saturated carbocycles. The highest BCUT2D eigenvalue weighted by molar-refractivity contribution is 6.31. The van der Waals surface area contributed by atoms with Crippen LogP contribution in [0.2, 0.25) is 5.02 Å². The molecule has 0 atom stereocenters. The molecule has 0 bridgehead atoms. The van der Waals surface area contributed by atoms with Crippen molar-refractivity contribution in [3.63, 3.8) is 0 Å². The van der Waals surface area contributed by atoms with E-state index < -0.39 is 5.82 Å². The van der Waals surface area contributed by atoms with Crippen LogP contribution in [0, 0.1) is 5.82 Å². The molecule has 0 unspecified atom stereocenters. The molecule has 0 aliphatic heterocycles. The standard InChI is InChI=1S/C16H17ClFN/c1-2-3-12-4-6-13(7-5-12)11-19-14-8-9-16(18)15(17)10-14/h4-10,19H,2-3,11H2,1H3. The third-order valence-electron chi connectivity index (χ3n) is 2.98. The molecule has 0 radical (unpaired) electrons. The molecular weight excluding hydrogens is 261 g/mol. The molecule has 3 heteroatoms. The Hall–Kier alpha value is -1.54. The van der Waals surface area contributed by atoms with Crippen molar-refractivity contribution in [2.24, 2.45) is 0 Å². The van der Waals surface area contributed by atoms with Gasteiger partial charge in [-0.2, -0.15) is 0 Å². The maximum Gasteiger partial charge on any atom is 0.141 e. The molecule has 0 aliphatic rings. The summed E-state index contributed by atoms with van der Waals surface area (Å²) in [5, 5.41) is 3.37. The van der Waals surface area contributed by atoms with E-state index in [-0.39, 0.29) is 5.02 Å². The Kier molecular flexibility index (Phi) is 4.80. The molecule has 1 nitrogen and oxygen atoms in total. The summed E-state index contributed by atoms with van der Waals surface area (Å²) in [6.07, 6.45) is 2.27. The maximum absolute atomic E-state index is 13.0. The van der Waals surface area contributed by atoms with Crippen LogP contribution >= 0.6 is 11.6 Å². The predicted molar refractivity (Wildman–Crippen MR) is 79.2 cm³/mol. The first-order valence-corrected chi connectivity index (χ1v) is 6.83. The van der Waals surface area contributed by atoms with Crippen LogP contribution in [-0.2, 0) is 13.0 Å². The van der Waals surface area contributed by atoms with Gasteiger partial charge in [0.15, 0.2) is 0 Å². The van der Waals surface area contributed by atoms with E-state index in [4.69, 9.17) is 11.6 Å². The number of aryl methyl sites for hydroxylation is 1. The number of anilines is 1. The third-order valence-corrected chi connectivity index (χ3v) is 3.27. The van der Waals surface area contributed by atoms with Crippen LogP contribution in [0.25, 0.3) is 0 Å². The molecule has 0 spiro atoms. The fourth-order valence-electron chi connectivity index (χ4n) is 1.92. The van der Waals surface area contributed by atoms with Crippen LogP contribution in [0.5, 0.6) is 0 Å². The van der Waals surface area contributed by atoms with Crippen LogP contribution in [-0.4, -0.2) is 0 Å². The summed E-state index contributed by atoms with van der Waals surface area (Å²) in [6.45, 7) is 2.88. The lowest BCUT2D eigenvalue weighted by Crippen LogP contribution is -1.99. The summed E-state index contributed by atoms with van der Waals surface area (Å²) in [4.78, 5) is 0. The lowest BCUT2D eigenvalue weighted by molar-refractivity contribution is 0.628. The quantitative estimate of drug-likeness (QED) is 0.807. The molecule has 0 saturated heterocycles. The molecule has 0 fully saturated rings. The van der Waals surface area contributed by atoms with Crippen molar-refractivity contribution < 1.29 is 4.39 Å². The smallest absolute Gasteiger partial charge is 0.141 e. The van der Waals surface area contributed by atoms with E-state index in [1.54, 1.807) is 12.1 Å². The van der Waals surface area contributed by atoms with Crippen molar-refractivity contribution in [1.29, 1.82) is 0 Å². The lowest BCUT2D eigenvalue weighted by atomic mass is 10.1. The topological polar surface area (TPSA) is 12.0 Å². The minimum absolute atomic E-state index is 0.142. The van der Waals surface area contributed by atoms with E-state index in [0.717, 1.165) is 18.5 Å². The number of rotatable bonds is 5. The van der Waals surface area contributed by atoms with Gasteiger partial charge in [-0.15, -0.1) is 0 Å². The summed E-state index contributed by atoms with van der Waals surface area (Å²) < 4.78 is 13.0. The molecular formula is C16H17ClFN. The predicted octanol–water partition coefficient (Wildman–Crippen LogP) is 5.04. The Morgan fingerprint density at radius 2 is 1.74 bits per heavy atom. The van der Waals surface area contributed by atoms with Crippen LogP contribution in [0.15, 0.2) is 42.5 Å². The van der Waals surface area contributed by atoms with Crippen molar-refractivity contribution >= 4 is 17.3 Å². The summed E-state index contributed by atoms with van der Waals surface area (Å²) in [5.74, 6) is -0.392. The first kappa shape index (κ1) is 13.9. The van der Waals surface area contributed by atoms with Gasteiger partial charge >= 0.3 is 0 Å². The van der Waals surface area contributed by atoms with Gasteiger partial charge in [-0.05, 0) is 35.7 Å². The second kappa shape index (κ2) is 6.58. The number of nitrogens with one attached hydrogen (secondary N) is 1. The van der Waals surface area contributed by atoms with Crippen molar-refractivity contribution in [2.45, 2.75) is 26.3 Å². The van der Waals surface area contributed by atoms with Crippen LogP contribution in [0.3, 0.4) is 0 Å². The Balaban J connectivity index is 1.96. The SMILES string of the molecule is CCCc1ccc(CNc2ccc(F)c(Cl)c2)cc1. The molecule has 100 valence electrons. The van der Waals surface area contributed by atoms with E-state index in [9.17, 15) is 4.39 Å². The third kappa shape index (κ3) is 3.97. The Labute approximate surface area is 118 Å². The van der Waals surface area contributed by atoms with Gasteiger partial charge in [0.25, 0.3) is 0 Å². The number of benzene rings is 2. The van der Waals surface area contributed by atoms with E-state index in [0.29, 0.717) is 6.54 Å². The maximum atomic E-state index is 13.0. The average Bonchev–Trinajstić information content (AvgIpc) is 2.42. The number of hydrogen-bond acceptors (Lipinski definition) is 1.